The van der Waals surface area contributed by atoms with E-state index in [1.54, 1.807) is 0 Å². The first kappa shape index (κ1) is 10.5. The summed E-state index contributed by atoms with van der Waals surface area (Å²) in [4.78, 5) is 0. The number of hydrogen-bond acceptors (Lipinski definition) is 3. The van der Waals surface area contributed by atoms with Crippen LogP contribution in [0.15, 0.2) is 24.3 Å². The summed E-state index contributed by atoms with van der Waals surface area (Å²) in [7, 11) is -2.85. The van der Waals surface area contributed by atoms with Gasteiger partial charge in [0.05, 0.1) is 11.5 Å². The maximum Gasteiger partial charge on any atom is 0.154 e. The molecule has 1 aliphatic heterocycles. The van der Waals surface area contributed by atoms with Crippen molar-refractivity contribution < 1.29 is 13.2 Å². The molecule has 1 saturated heterocycles. The second-order valence-electron chi connectivity index (χ2n) is 3.96. The maximum absolute atomic E-state index is 11.2. The Bertz CT molecular complexity index is 433. The van der Waals surface area contributed by atoms with Gasteiger partial charge in [-0.1, -0.05) is 17.7 Å². The zero-order chi connectivity index (χ0) is 10.9. The normalized spacial score (nSPS) is 23.9. The predicted molar refractivity (Wildman–Crippen MR) is 58.9 cm³/mol. The zero-order valence-electron chi connectivity index (χ0n) is 8.64. The van der Waals surface area contributed by atoms with E-state index in [9.17, 15) is 8.42 Å². The molecular weight excluding hydrogens is 212 g/mol. The molecule has 0 amide bonds. The Morgan fingerprint density at radius 1 is 1.27 bits per heavy atom. The van der Waals surface area contributed by atoms with E-state index < -0.39 is 9.84 Å². The Balaban J connectivity index is 2.02. The van der Waals surface area contributed by atoms with Crippen LogP contribution in [-0.2, 0) is 9.84 Å². The highest BCUT2D eigenvalue weighted by molar-refractivity contribution is 7.91. The highest BCUT2D eigenvalue weighted by Crippen LogP contribution is 2.19. The third-order valence-electron chi connectivity index (χ3n) is 2.51. The third-order valence-corrected chi connectivity index (χ3v) is 4.25. The molecule has 0 aliphatic carbocycles. The number of sulfone groups is 1. The Kier molecular flexibility index (Phi) is 2.69. The summed E-state index contributed by atoms with van der Waals surface area (Å²) in [6.45, 7) is 2.00. The lowest BCUT2D eigenvalue weighted by Gasteiger charge is -2.11. The topological polar surface area (TPSA) is 43.4 Å². The molecule has 82 valence electrons. The fraction of sp³-hybridized carbons (Fsp3) is 0.455. The first-order valence-corrected chi connectivity index (χ1v) is 6.81. The smallest absolute Gasteiger partial charge is 0.154 e. The van der Waals surface area contributed by atoms with Crippen molar-refractivity contribution in [2.45, 2.75) is 19.4 Å². The summed E-state index contributed by atoms with van der Waals surface area (Å²) >= 11 is 0. The molecule has 0 radical (unpaired) electrons. The van der Waals surface area contributed by atoms with Gasteiger partial charge < -0.3 is 4.74 Å². The van der Waals surface area contributed by atoms with Gasteiger partial charge in [-0.05, 0) is 25.5 Å². The van der Waals surface area contributed by atoms with E-state index in [4.69, 9.17) is 4.74 Å². The van der Waals surface area contributed by atoms with Gasteiger partial charge in [0.25, 0.3) is 0 Å². The Morgan fingerprint density at radius 3 is 2.47 bits per heavy atom. The van der Waals surface area contributed by atoms with E-state index in [2.05, 4.69) is 0 Å². The molecule has 0 N–H and O–H groups in total. The van der Waals surface area contributed by atoms with Crippen molar-refractivity contribution in [3.8, 4) is 5.75 Å². The number of rotatable bonds is 2. The summed E-state index contributed by atoms with van der Waals surface area (Å²) in [5.74, 6) is 1.16. The summed E-state index contributed by atoms with van der Waals surface area (Å²) < 4.78 is 28.0. The predicted octanol–water partition coefficient (Wildman–Crippen LogP) is 1.56. The summed E-state index contributed by atoms with van der Waals surface area (Å²) in [6, 6.07) is 7.66. The minimum atomic E-state index is -2.85. The van der Waals surface area contributed by atoms with Crippen molar-refractivity contribution >= 4 is 9.84 Å². The fourth-order valence-electron chi connectivity index (χ4n) is 1.66. The quantitative estimate of drug-likeness (QED) is 0.768. The number of aryl methyl sites for hydroxylation is 1. The van der Waals surface area contributed by atoms with Crippen LogP contribution in [0.1, 0.15) is 12.0 Å². The molecule has 3 nitrogen and oxygen atoms in total. The van der Waals surface area contributed by atoms with Gasteiger partial charge in [-0.25, -0.2) is 8.42 Å². The van der Waals surface area contributed by atoms with Crippen LogP contribution >= 0.6 is 0 Å². The molecule has 4 heteroatoms. The molecule has 1 aromatic carbocycles. The van der Waals surface area contributed by atoms with E-state index in [-0.39, 0.29) is 17.6 Å². The molecule has 0 spiro atoms. The first-order valence-electron chi connectivity index (χ1n) is 4.99. The van der Waals surface area contributed by atoms with Crippen LogP contribution in [0.5, 0.6) is 5.75 Å². The third kappa shape index (κ3) is 2.72. The minimum absolute atomic E-state index is 0.154. The average molecular weight is 226 g/mol. The molecule has 15 heavy (non-hydrogen) atoms. The van der Waals surface area contributed by atoms with Gasteiger partial charge in [0.1, 0.15) is 11.9 Å². The van der Waals surface area contributed by atoms with Gasteiger partial charge in [-0.15, -0.1) is 0 Å². The van der Waals surface area contributed by atoms with Crippen molar-refractivity contribution in [3.63, 3.8) is 0 Å². The van der Waals surface area contributed by atoms with E-state index >= 15 is 0 Å². The van der Waals surface area contributed by atoms with E-state index in [1.165, 1.54) is 5.56 Å². The Morgan fingerprint density at radius 2 is 1.93 bits per heavy atom. The van der Waals surface area contributed by atoms with Crippen molar-refractivity contribution in [3.05, 3.63) is 29.8 Å². The summed E-state index contributed by atoms with van der Waals surface area (Å²) in [6.07, 6.45) is 0.439. The van der Waals surface area contributed by atoms with Crippen LogP contribution in [0.3, 0.4) is 0 Å². The Hall–Kier alpha value is -1.03. The molecule has 1 heterocycles. The van der Waals surface area contributed by atoms with Crippen LogP contribution in [-0.4, -0.2) is 26.0 Å². The molecule has 0 unspecified atom stereocenters. The molecular formula is C11H14O3S. The standard InChI is InChI=1S/C11H14O3S/c1-9-2-4-10(5-3-9)14-11-6-7-15(12,13)8-11/h2-5,11H,6-8H2,1H3/t11-/m0/s1. The van der Waals surface area contributed by atoms with Gasteiger partial charge in [0.2, 0.25) is 0 Å². The molecule has 0 aromatic heterocycles. The monoisotopic (exact) mass is 226 g/mol. The molecule has 1 atom stereocenters. The zero-order valence-corrected chi connectivity index (χ0v) is 9.46. The average Bonchev–Trinajstić information content (AvgIpc) is 2.50. The van der Waals surface area contributed by atoms with Crippen LogP contribution in [0.25, 0.3) is 0 Å². The largest absolute Gasteiger partial charge is 0.489 e. The van der Waals surface area contributed by atoms with Crippen molar-refractivity contribution in [2.24, 2.45) is 0 Å². The van der Waals surface area contributed by atoms with E-state index in [1.807, 2.05) is 31.2 Å². The first-order chi connectivity index (χ1) is 7.05. The van der Waals surface area contributed by atoms with Crippen LogP contribution in [0, 0.1) is 6.92 Å². The molecule has 1 aliphatic rings. The van der Waals surface area contributed by atoms with Gasteiger partial charge in [0, 0.05) is 0 Å². The van der Waals surface area contributed by atoms with Crippen LogP contribution < -0.4 is 4.74 Å². The summed E-state index contributed by atoms with van der Waals surface area (Å²) in [5.41, 5.74) is 1.17. The fourth-order valence-corrected chi connectivity index (χ4v) is 3.25. The Labute approximate surface area is 90.0 Å². The van der Waals surface area contributed by atoms with Gasteiger partial charge >= 0.3 is 0 Å². The maximum atomic E-state index is 11.2. The second-order valence-corrected chi connectivity index (χ2v) is 6.18. The minimum Gasteiger partial charge on any atom is -0.489 e. The molecule has 1 fully saturated rings. The van der Waals surface area contributed by atoms with Gasteiger partial charge in [-0.2, -0.15) is 0 Å². The van der Waals surface area contributed by atoms with Crippen molar-refractivity contribution in [2.75, 3.05) is 11.5 Å². The SMILES string of the molecule is Cc1ccc(O[C@H]2CCS(=O)(=O)C2)cc1. The lowest BCUT2D eigenvalue weighted by Crippen LogP contribution is -2.17. The molecule has 1 aromatic rings. The molecule has 0 saturated carbocycles. The lowest BCUT2D eigenvalue weighted by atomic mass is 10.2. The van der Waals surface area contributed by atoms with Crippen LogP contribution in [0.4, 0.5) is 0 Å². The molecule has 0 bridgehead atoms. The molecule has 2 rings (SSSR count). The van der Waals surface area contributed by atoms with Gasteiger partial charge in [0.15, 0.2) is 9.84 Å². The number of benzene rings is 1. The second kappa shape index (κ2) is 3.85. The number of hydrogen-bond donors (Lipinski definition) is 0. The van der Waals surface area contributed by atoms with Crippen LogP contribution in [0.2, 0.25) is 0 Å². The van der Waals surface area contributed by atoms with E-state index in [0.717, 1.165) is 5.75 Å². The van der Waals surface area contributed by atoms with Crippen molar-refractivity contribution in [1.82, 2.24) is 0 Å². The van der Waals surface area contributed by atoms with Crippen molar-refractivity contribution in [1.29, 1.82) is 0 Å². The summed E-state index contributed by atoms with van der Waals surface area (Å²) in [5, 5.41) is 0. The lowest BCUT2D eigenvalue weighted by molar-refractivity contribution is 0.229. The number of ether oxygens (including phenoxy) is 1. The highest BCUT2D eigenvalue weighted by Gasteiger charge is 2.29. The van der Waals surface area contributed by atoms with Gasteiger partial charge in [-0.3, -0.25) is 0 Å². The highest BCUT2D eigenvalue weighted by atomic mass is 32.2. The van der Waals surface area contributed by atoms with E-state index in [0.29, 0.717) is 6.42 Å².